The quantitative estimate of drug-likeness (QED) is 0.682. The number of halogens is 2. The zero-order valence-electron chi connectivity index (χ0n) is 9.94. The summed E-state index contributed by atoms with van der Waals surface area (Å²) >= 11 is 2.96. The molecule has 2 aliphatic heterocycles. The average Bonchev–Trinajstić information content (AvgIpc) is 2.95. The van der Waals surface area contributed by atoms with Gasteiger partial charge in [-0.1, -0.05) is 0 Å². The molecule has 1 N–H and O–H groups in total. The predicted molar refractivity (Wildman–Crippen MR) is 70.7 cm³/mol. The van der Waals surface area contributed by atoms with E-state index >= 15 is 0 Å². The first-order valence-electron chi connectivity index (χ1n) is 6.10. The first-order valence-corrected chi connectivity index (χ1v) is 6.89. The Kier molecular flexibility index (Phi) is 3.18. The van der Waals surface area contributed by atoms with Crippen molar-refractivity contribution < 1.29 is 14.1 Å². The molecule has 0 saturated carbocycles. The van der Waals surface area contributed by atoms with E-state index in [1.165, 1.54) is 6.07 Å². The van der Waals surface area contributed by atoms with Gasteiger partial charge in [0.25, 0.3) is 5.69 Å². The third-order valence-electron chi connectivity index (χ3n) is 3.68. The molecule has 7 heteroatoms. The molecular weight excluding hydrogens is 319 g/mol. The maximum absolute atomic E-state index is 13.5. The Bertz CT molecular complexity index is 540. The summed E-state index contributed by atoms with van der Waals surface area (Å²) in [5.74, 6) is -0.517. The summed E-state index contributed by atoms with van der Waals surface area (Å²) in [6, 6.07) is 2.37. The second kappa shape index (κ2) is 4.72. The molecule has 3 atom stereocenters. The van der Waals surface area contributed by atoms with Crippen molar-refractivity contribution in [1.29, 1.82) is 0 Å². The van der Waals surface area contributed by atoms with Gasteiger partial charge in [0.1, 0.15) is 11.5 Å². The standard InChI is InChI=1S/C12H12BrFN2O3/c13-7-4-11(16(17)18)9(5-8(7)14)15-10-3-6-1-2-12(10)19-6/h4-6,10,12,15H,1-3H2. The molecule has 0 aromatic heterocycles. The molecule has 5 nitrogen and oxygen atoms in total. The number of hydrogen-bond acceptors (Lipinski definition) is 4. The van der Waals surface area contributed by atoms with Gasteiger partial charge in [-0.15, -0.1) is 0 Å². The molecule has 1 aromatic carbocycles. The lowest BCUT2D eigenvalue weighted by atomic mass is 9.95. The SMILES string of the molecule is O=[N+]([O-])c1cc(Br)c(F)cc1NC1CC2CCC1O2. The number of rotatable bonds is 3. The van der Waals surface area contributed by atoms with E-state index in [-0.39, 0.29) is 34.1 Å². The fourth-order valence-electron chi connectivity index (χ4n) is 2.79. The third-order valence-corrected chi connectivity index (χ3v) is 4.29. The zero-order chi connectivity index (χ0) is 13.6. The van der Waals surface area contributed by atoms with Crippen molar-refractivity contribution in [1.82, 2.24) is 0 Å². The van der Waals surface area contributed by atoms with Crippen molar-refractivity contribution in [3.8, 4) is 0 Å². The second-order valence-corrected chi connectivity index (χ2v) is 5.76. The lowest BCUT2D eigenvalue weighted by Gasteiger charge is -2.21. The number of nitro benzene ring substituents is 1. The van der Waals surface area contributed by atoms with Gasteiger partial charge in [0.05, 0.1) is 27.6 Å². The van der Waals surface area contributed by atoms with E-state index in [0.717, 1.165) is 25.3 Å². The summed E-state index contributed by atoms with van der Waals surface area (Å²) < 4.78 is 19.3. The molecule has 2 fully saturated rings. The summed E-state index contributed by atoms with van der Waals surface area (Å²) in [5, 5.41) is 14.1. The molecule has 2 bridgehead atoms. The summed E-state index contributed by atoms with van der Waals surface area (Å²) in [7, 11) is 0. The average molecular weight is 331 g/mol. The summed E-state index contributed by atoms with van der Waals surface area (Å²) in [4.78, 5) is 10.5. The number of nitro groups is 1. The molecule has 102 valence electrons. The Balaban J connectivity index is 1.87. The molecule has 1 aromatic rings. The van der Waals surface area contributed by atoms with Crippen LogP contribution >= 0.6 is 15.9 Å². The van der Waals surface area contributed by atoms with E-state index < -0.39 is 10.7 Å². The lowest BCUT2D eigenvalue weighted by molar-refractivity contribution is -0.384. The van der Waals surface area contributed by atoms with Crippen LogP contribution in [0.2, 0.25) is 0 Å². The van der Waals surface area contributed by atoms with Gasteiger partial charge >= 0.3 is 0 Å². The van der Waals surface area contributed by atoms with Gasteiger partial charge in [0.15, 0.2) is 0 Å². The fraction of sp³-hybridized carbons (Fsp3) is 0.500. The van der Waals surface area contributed by atoms with Crippen molar-refractivity contribution in [2.24, 2.45) is 0 Å². The summed E-state index contributed by atoms with van der Waals surface area (Å²) in [6.07, 6.45) is 3.13. The van der Waals surface area contributed by atoms with Crippen LogP contribution in [0.5, 0.6) is 0 Å². The molecule has 3 unspecified atom stereocenters. The van der Waals surface area contributed by atoms with Crippen LogP contribution < -0.4 is 5.32 Å². The van der Waals surface area contributed by atoms with Crippen LogP contribution in [0.25, 0.3) is 0 Å². The van der Waals surface area contributed by atoms with Crippen LogP contribution in [0.4, 0.5) is 15.8 Å². The molecule has 3 rings (SSSR count). The van der Waals surface area contributed by atoms with Crippen molar-refractivity contribution in [3.63, 3.8) is 0 Å². The van der Waals surface area contributed by atoms with Crippen LogP contribution in [-0.4, -0.2) is 23.2 Å². The number of hydrogen-bond donors (Lipinski definition) is 1. The number of nitrogens with zero attached hydrogens (tertiary/aromatic N) is 1. The van der Waals surface area contributed by atoms with E-state index in [4.69, 9.17) is 4.74 Å². The maximum atomic E-state index is 13.5. The number of ether oxygens (including phenoxy) is 1. The van der Waals surface area contributed by atoms with E-state index in [1.54, 1.807) is 0 Å². The van der Waals surface area contributed by atoms with Gasteiger partial charge in [-0.3, -0.25) is 10.1 Å². The van der Waals surface area contributed by atoms with Crippen molar-refractivity contribution >= 4 is 27.3 Å². The van der Waals surface area contributed by atoms with Crippen LogP contribution in [0.15, 0.2) is 16.6 Å². The Morgan fingerprint density at radius 1 is 1.47 bits per heavy atom. The van der Waals surface area contributed by atoms with Gasteiger partial charge in [-0.05, 0) is 35.2 Å². The molecule has 0 amide bonds. The molecule has 2 aliphatic rings. The highest BCUT2D eigenvalue weighted by Crippen LogP contribution is 2.38. The van der Waals surface area contributed by atoms with Crippen molar-refractivity contribution in [3.05, 3.63) is 32.5 Å². The minimum absolute atomic E-state index is 0.0259. The minimum Gasteiger partial charge on any atom is -0.374 e. The highest BCUT2D eigenvalue weighted by Gasteiger charge is 2.41. The summed E-state index contributed by atoms with van der Waals surface area (Å²) in [6.45, 7) is 0. The van der Waals surface area contributed by atoms with Crippen molar-refractivity contribution in [2.75, 3.05) is 5.32 Å². The zero-order valence-corrected chi connectivity index (χ0v) is 11.5. The summed E-state index contributed by atoms with van der Waals surface area (Å²) in [5.41, 5.74) is 0.0860. The van der Waals surface area contributed by atoms with Gasteiger partial charge in [0, 0.05) is 12.1 Å². The topological polar surface area (TPSA) is 64.4 Å². The molecule has 2 heterocycles. The van der Waals surface area contributed by atoms with Crippen molar-refractivity contribution in [2.45, 2.75) is 37.5 Å². The van der Waals surface area contributed by atoms with Crippen LogP contribution in [0.3, 0.4) is 0 Å². The molecule has 0 aliphatic carbocycles. The van der Waals surface area contributed by atoms with Gasteiger partial charge in [-0.2, -0.15) is 0 Å². The molecular formula is C12H12BrFN2O3. The molecule has 19 heavy (non-hydrogen) atoms. The molecule has 0 radical (unpaired) electrons. The fourth-order valence-corrected chi connectivity index (χ4v) is 3.12. The number of nitrogens with one attached hydrogen (secondary N) is 1. The first-order chi connectivity index (χ1) is 9.04. The van der Waals surface area contributed by atoms with E-state index in [0.29, 0.717) is 0 Å². The van der Waals surface area contributed by atoms with Gasteiger partial charge in [-0.25, -0.2) is 4.39 Å². The lowest BCUT2D eigenvalue weighted by Crippen LogP contribution is -2.30. The normalized spacial score (nSPS) is 28.6. The van der Waals surface area contributed by atoms with Gasteiger partial charge < -0.3 is 10.1 Å². The maximum Gasteiger partial charge on any atom is 0.293 e. The Morgan fingerprint density at radius 3 is 2.84 bits per heavy atom. The van der Waals surface area contributed by atoms with Crippen LogP contribution in [0, 0.1) is 15.9 Å². The smallest absolute Gasteiger partial charge is 0.293 e. The van der Waals surface area contributed by atoms with E-state index in [9.17, 15) is 14.5 Å². The monoisotopic (exact) mass is 330 g/mol. The number of fused-ring (bicyclic) bond motifs is 2. The number of benzene rings is 1. The Morgan fingerprint density at radius 2 is 2.26 bits per heavy atom. The van der Waals surface area contributed by atoms with E-state index in [1.807, 2.05) is 0 Å². The van der Waals surface area contributed by atoms with E-state index in [2.05, 4.69) is 21.2 Å². The minimum atomic E-state index is -0.517. The largest absolute Gasteiger partial charge is 0.374 e. The third kappa shape index (κ3) is 2.32. The highest BCUT2D eigenvalue weighted by atomic mass is 79.9. The molecule has 2 saturated heterocycles. The Hall–Kier alpha value is -1.21. The van der Waals surface area contributed by atoms with Crippen LogP contribution in [0.1, 0.15) is 19.3 Å². The van der Waals surface area contributed by atoms with Crippen LogP contribution in [-0.2, 0) is 4.74 Å². The number of anilines is 1. The predicted octanol–water partition coefficient (Wildman–Crippen LogP) is 3.23. The van der Waals surface area contributed by atoms with Gasteiger partial charge in [0.2, 0.25) is 0 Å². The first kappa shape index (κ1) is 12.8. The highest BCUT2D eigenvalue weighted by molar-refractivity contribution is 9.10. The second-order valence-electron chi connectivity index (χ2n) is 4.90. The molecule has 0 spiro atoms. The Labute approximate surface area is 117 Å².